The van der Waals surface area contributed by atoms with Crippen molar-refractivity contribution in [3.8, 4) is 17.1 Å². The summed E-state index contributed by atoms with van der Waals surface area (Å²) in [7, 11) is 0. The molecule has 6 nitrogen and oxygen atoms in total. The largest absolute Gasteiger partial charge is 0.344 e. The molecule has 0 saturated heterocycles. The van der Waals surface area contributed by atoms with Crippen LogP contribution in [-0.4, -0.2) is 31.4 Å². The first-order valence-corrected chi connectivity index (χ1v) is 13.2. The molecule has 184 valence electrons. The Morgan fingerprint density at radius 3 is 2.11 bits per heavy atom. The Morgan fingerprint density at radius 1 is 0.838 bits per heavy atom. The van der Waals surface area contributed by atoms with Gasteiger partial charge in [0.2, 0.25) is 5.91 Å². The summed E-state index contributed by atoms with van der Waals surface area (Å²) in [5.74, 6) is 0.624. The van der Waals surface area contributed by atoms with E-state index in [0.29, 0.717) is 21.0 Å². The van der Waals surface area contributed by atoms with E-state index in [1.165, 1.54) is 11.8 Å². The van der Waals surface area contributed by atoms with Gasteiger partial charge in [-0.25, -0.2) is 0 Å². The van der Waals surface area contributed by atoms with Gasteiger partial charge < -0.3 is 5.32 Å². The van der Waals surface area contributed by atoms with Crippen molar-refractivity contribution in [2.45, 2.75) is 11.2 Å². The zero-order valence-corrected chi connectivity index (χ0v) is 21.8. The molecule has 1 amide bonds. The van der Waals surface area contributed by atoms with Crippen molar-refractivity contribution in [2.24, 2.45) is 0 Å². The Kier molecular flexibility index (Phi) is 7.84. The van der Waals surface area contributed by atoms with Crippen LogP contribution >= 0.6 is 35.0 Å². The van der Waals surface area contributed by atoms with Crippen LogP contribution < -0.4 is 5.32 Å². The summed E-state index contributed by atoms with van der Waals surface area (Å²) in [5.41, 5.74) is 3.58. The molecule has 5 aromatic rings. The Balaban J connectivity index is 1.41. The fraction of sp³-hybridized carbons (Fsp3) is 0.0714. The standard InChI is InChI=1S/C28H21Cl2N5OS/c29-23-12-11-22(17-24(23)30)35-27(21-13-15-31-16-14-21)33-34-28(35)37-18-25(36)32-26(19-7-3-1-4-8-19)20-9-5-2-6-10-20/h1-17,26H,18H2,(H,32,36). The van der Waals surface area contributed by atoms with Gasteiger partial charge in [-0.3, -0.25) is 14.3 Å². The lowest BCUT2D eigenvalue weighted by Gasteiger charge is -2.20. The fourth-order valence-corrected chi connectivity index (χ4v) is 4.95. The molecule has 0 aliphatic rings. The monoisotopic (exact) mass is 545 g/mol. The Morgan fingerprint density at radius 2 is 1.49 bits per heavy atom. The van der Waals surface area contributed by atoms with E-state index in [1.54, 1.807) is 24.5 Å². The molecule has 9 heteroatoms. The summed E-state index contributed by atoms with van der Waals surface area (Å²) in [6.07, 6.45) is 3.38. The topological polar surface area (TPSA) is 72.7 Å². The highest BCUT2D eigenvalue weighted by Crippen LogP contribution is 2.31. The van der Waals surface area contributed by atoms with E-state index >= 15 is 0 Å². The van der Waals surface area contributed by atoms with E-state index in [4.69, 9.17) is 23.2 Å². The van der Waals surface area contributed by atoms with E-state index < -0.39 is 0 Å². The lowest BCUT2D eigenvalue weighted by Crippen LogP contribution is -2.30. The highest BCUT2D eigenvalue weighted by atomic mass is 35.5. The summed E-state index contributed by atoms with van der Waals surface area (Å²) in [5, 5.41) is 13.4. The first kappa shape index (κ1) is 25.0. The number of aromatic nitrogens is 4. The van der Waals surface area contributed by atoms with Crippen molar-refractivity contribution in [2.75, 3.05) is 5.75 Å². The molecule has 2 aromatic heterocycles. The van der Waals surface area contributed by atoms with Gasteiger partial charge in [0.05, 0.1) is 27.5 Å². The van der Waals surface area contributed by atoms with E-state index in [9.17, 15) is 4.79 Å². The van der Waals surface area contributed by atoms with E-state index in [1.807, 2.05) is 83.4 Å². The van der Waals surface area contributed by atoms with Gasteiger partial charge in [-0.05, 0) is 41.5 Å². The molecule has 0 radical (unpaired) electrons. The molecule has 0 unspecified atom stereocenters. The second kappa shape index (κ2) is 11.6. The third-order valence-electron chi connectivity index (χ3n) is 5.64. The summed E-state index contributed by atoms with van der Waals surface area (Å²) in [6, 6.07) is 28.6. The van der Waals surface area contributed by atoms with Crippen LogP contribution in [0.15, 0.2) is 109 Å². The predicted molar refractivity (Wildman–Crippen MR) is 148 cm³/mol. The quantitative estimate of drug-likeness (QED) is 0.221. The van der Waals surface area contributed by atoms with Crippen LogP contribution in [0.1, 0.15) is 17.2 Å². The van der Waals surface area contributed by atoms with Crippen LogP contribution in [0.3, 0.4) is 0 Å². The average molecular weight is 546 g/mol. The van der Waals surface area contributed by atoms with E-state index in [0.717, 1.165) is 22.4 Å². The number of rotatable bonds is 8. The molecule has 37 heavy (non-hydrogen) atoms. The van der Waals surface area contributed by atoms with Crippen LogP contribution in [0.4, 0.5) is 0 Å². The van der Waals surface area contributed by atoms with Gasteiger partial charge in [-0.2, -0.15) is 0 Å². The molecule has 3 aromatic carbocycles. The maximum absolute atomic E-state index is 13.2. The van der Waals surface area contributed by atoms with Gasteiger partial charge in [0, 0.05) is 18.0 Å². The number of amides is 1. The zero-order chi connectivity index (χ0) is 25.6. The smallest absolute Gasteiger partial charge is 0.231 e. The molecule has 0 bridgehead atoms. The Bertz CT molecular complexity index is 1460. The number of nitrogens with one attached hydrogen (secondary N) is 1. The van der Waals surface area contributed by atoms with Crippen molar-refractivity contribution in [3.05, 3.63) is 125 Å². The van der Waals surface area contributed by atoms with Crippen molar-refractivity contribution >= 4 is 40.9 Å². The number of benzene rings is 3. The third kappa shape index (κ3) is 5.85. The maximum Gasteiger partial charge on any atom is 0.231 e. The van der Waals surface area contributed by atoms with Crippen molar-refractivity contribution < 1.29 is 4.79 Å². The fourth-order valence-electron chi connectivity index (χ4n) is 3.89. The number of hydrogen-bond donors (Lipinski definition) is 1. The van der Waals surface area contributed by atoms with Crippen LogP contribution in [0.5, 0.6) is 0 Å². The van der Waals surface area contributed by atoms with Crippen molar-refractivity contribution in [1.29, 1.82) is 0 Å². The highest BCUT2D eigenvalue weighted by Gasteiger charge is 2.20. The molecule has 0 fully saturated rings. The molecular formula is C28H21Cl2N5OS. The van der Waals surface area contributed by atoms with Gasteiger partial charge in [0.1, 0.15) is 0 Å². The summed E-state index contributed by atoms with van der Waals surface area (Å²) in [4.78, 5) is 17.2. The van der Waals surface area contributed by atoms with Crippen molar-refractivity contribution in [3.63, 3.8) is 0 Å². The molecule has 5 rings (SSSR count). The number of carbonyl (C=O) groups excluding carboxylic acids is 1. The predicted octanol–water partition coefficient (Wildman–Crippen LogP) is 6.63. The number of carbonyl (C=O) groups is 1. The van der Waals surface area contributed by atoms with Crippen LogP contribution in [0.2, 0.25) is 10.0 Å². The minimum absolute atomic E-state index is 0.128. The van der Waals surface area contributed by atoms with Crippen LogP contribution in [0.25, 0.3) is 17.1 Å². The molecule has 2 heterocycles. The molecule has 0 atom stereocenters. The number of pyridine rings is 1. The number of thioether (sulfide) groups is 1. The summed E-state index contributed by atoms with van der Waals surface area (Å²) < 4.78 is 1.86. The molecular weight excluding hydrogens is 525 g/mol. The number of hydrogen-bond acceptors (Lipinski definition) is 5. The lowest BCUT2D eigenvalue weighted by atomic mass is 9.99. The maximum atomic E-state index is 13.2. The summed E-state index contributed by atoms with van der Waals surface area (Å²) in [6.45, 7) is 0. The third-order valence-corrected chi connectivity index (χ3v) is 7.30. The minimum Gasteiger partial charge on any atom is -0.344 e. The van der Waals surface area contributed by atoms with E-state index in [-0.39, 0.29) is 17.7 Å². The first-order chi connectivity index (χ1) is 18.1. The first-order valence-electron chi connectivity index (χ1n) is 11.4. The zero-order valence-electron chi connectivity index (χ0n) is 19.5. The molecule has 0 saturated carbocycles. The molecule has 0 aliphatic heterocycles. The molecule has 0 spiro atoms. The average Bonchev–Trinajstić information content (AvgIpc) is 3.37. The van der Waals surface area contributed by atoms with Gasteiger partial charge in [-0.15, -0.1) is 10.2 Å². The molecule has 0 aliphatic carbocycles. The SMILES string of the molecule is O=C(CSc1nnc(-c2ccncc2)n1-c1ccc(Cl)c(Cl)c1)NC(c1ccccc1)c1ccccc1. The van der Waals surface area contributed by atoms with Gasteiger partial charge in [0.25, 0.3) is 0 Å². The van der Waals surface area contributed by atoms with Crippen LogP contribution in [0, 0.1) is 0 Å². The van der Waals surface area contributed by atoms with Gasteiger partial charge in [-0.1, -0.05) is 95.6 Å². The second-order valence-corrected chi connectivity index (χ2v) is 9.84. The van der Waals surface area contributed by atoms with E-state index in [2.05, 4.69) is 20.5 Å². The highest BCUT2D eigenvalue weighted by molar-refractivity contribution is 7.99. The van der Waals surface area contributed by atoms with Crippen molar-refractivity contribution in [1.82, 2.24) is 25.1 Å². The summed E-state index contributed by atoms with van der Waals surface area (Å²) >= 11 is 13.8. The normalized spacial score (nSPS) is 11.0. The Labute approximate surface area is 228 Å². The second-order valence-electron chi connectivity index (χ2n) is 8.09. The Hall–Kier alpha value is -3.65. The number of halogens is 2. The van der Waals surface area contributed by atoms with Gasteiger partial charge in [0.15, 0.2) is 11.0 Å². The minimum atomic E-state index is -0.268. The number of nitrogens with zero attached hydrogens (tertiary/aromatic N) is 4. The van der Waals surface area contributed by atoms with Gasteiger partial charge >= 0.3 is 0 Å². The van der Waals surface area contributed by atoms with Crippen LogP contribution in [-0.2, 0) is 4.79 Å². The molecule has 1 N–H and O–H groups in total. The lowest BCUT2D eigenvalue weighted by molar-refractivity contribution is -0.119.